The van der Waals surface area contributed by atoms with Gasteiger partial charge in [-0.05, 0) is 44.9 Å². The van der Waals surface area contributed by atoms with Crippen LogP contribution in [0.3, 0.4) is 0 Å². The quantitative estimate of drug-likeness (QED) is 0.462. The lowest BCUT2D eigenvalue weighted by atomic mass is 10.1. The lowest BCUT2D eigenvalue weighted by Gasteiger charge is -2.20. The third-order valence-corrected chi connectivity index (χ3v) is 6.11. The number of hydrogen-bond donors (Lipinski definition) is 1. The van der Waals surface area contributed by atoms with Gasteiger partial charge >= 0.3 is 0 Å². The maximum absolute atomic E-state index is 13.0. The molecule has 0 aliphatic carbocycles. The minimum Gasteiger partial charge on any atom is -0.351 e. The third kappa shape index (κ3) is 4.88. The third-order valence-electron chi connectivity index (χ3n) is 5.05. The number of carbonyl (C=O) groups is 1. The van der Waals surface area contributed by atoms with Gasteiger partial charge in [0.2, 0.25) is 5.91 Å². The normalized spacial score (nSPS) is 13.2. The van der Waals surface area contributed by atoms with Crippen molar-refractivity contribution in [2.24, 2.45) is 0 Å². The largest absolute Gasteiger partial charge is 0.351 e. The highest BCUT2D eigenvalue weighted by Crippen LogP contribution is 2.26. The SMILES string of the molecule is CC[C@H](C)n1c(S[C@@H](C)C(=O)NCc2ccc(C)cc2)nc2ccccc2c1=O. The molecule has 0 aliphatic rings. The Kier molecular flexibility index (Phi) is 6.75. The highest BCUT2D eigenvalue weighted by atomic mass is 32.2. The van der Waals surface area contributed by atoms with Crippen LogP contribution in [0.1, 0.15) is 44.4 Å². The Hall–Kier alpha value is -2.60. The first kappa shape index (κ1) is 21.1. The molecule has 0 spiro atoms. The summed E-state index contributed by atoms with van der Waals surface area (Å²) in [6.45, 7) is 8.40. The number of rotatable bonds is 7. The summed E-state index contributed by atoms with van der Waals surface area (Å²) in [5.41, 5.74) is 2.85. The number of benzene rings is 2. The van der Waals surface area contributed by atoms with Gasteiger partial charge in [-0.15, -0.1) is 0 Å². The summed E-state index contributed by atoms with van der Waals surface area (Å²) in [6.07, 6.45) is 0.807. The van der Waals surface area contributed by atoms with E-state index in [4.69, 9.17) is 4.98 Å². The summed E-state index contributed by atoms with van der Waals surface area (Å²) in [4.78, 5) is 30.4. The molecule has 0 fully saturated rings. The fourth-order valence-electron chi connectivity index (χ4n) is 3.03. The van der Waals surface area contributed by atoms with Crippen molar-refractivity contribution >= 4 is 28.6 Å². The zero-order valence-electron chi connectivity index (χ0n) is 17.3. The molecule has 5 nitrogen and oxygen atoms in total. The second kappa shape index (κ2) is 9.27. The molecule has 0 bridgehead atoms. The molecular formula is C23H27N3O2S. The molecule has 1 amide bonds. The van der Waals surface area contributed by atoms with Crippen LogP contribution in [0, 0.1) is 6.92 Å². The van der Waals surface area contributed by atoms with Crippen LogP contribution in [0.2, 0.25) is 0 Å². The molecule has 2 atom stereocenters. The van der Waals surface area contributed by atoms with E-state index in [9.17, 15) is 9.59 Å². The summed E-state index contributed by atoms with van der Waals surface area (Å²) in [6, 6.07) is 15.4. The first-order chi connectivity index (χ1) is 13.9. The number of fused-ring (bicyclic) bond motifs is 1. The van der Waals surface area contributed by atoms with E-state index in [-0.39, 0.29) is 22.8 Å². The summed E-state index contributed by atoms with van der Waals surface area (Å²) in [5, 5.41) is 3.80. The van der Waals surface area contributed by atoms with E-state index in [0.717, 1.165) is 12.0 Å². The number of thioether (sulfide) groups is 1. The second-order valence-electron chi connectivity index (χ2n) is 7.31. The molecule has 152 valence electrons. The number of nitrogens with one attached hydrogen (secondary N) is 1. The molecule has 1 heterocycles. The molecule has 3 rings (SSSR count). The number of carbonyl (C=O) groups excluding carboxylic acids is 1. The molecular weight excluding hydrogens is 382 g/mol. The average Bonchev–Trinajstić information content (AvgIpc) is 2.72. The Balaban J connectivity index is 1.81. The van der Waals surface area contributed by atoms with Gasteiger partial charge < -0.3 is 5.32 Å². The van der Waals surface area contributed by atoms with E-state index in [1.807, 2.05) is 70.2 Å². The van der Waals surface area contributed by atoms with Gasteiger partial charge in [0, 0.05) is 12.6 Å². The van der Waals surface area contributed by atoms with Crippen molar-refractivity contribution in [3.8, 4) is 0 Å². The predicted octanol–water partition coefficient (Wildman–Crippen LogP) is 4.47. The van der Waals surface area contributed by atoms with Crippen LogP contribution in [-0.4, -0.2) is 20.7 Å². The Morgan fingerprint density at radius 2 is 1.83 bits per heavy atom. The Morgan fingerprint density at radius 3 is 2.52 bits per heavy atom. The molecule has 0 saturated heterocycles. The number of amides is 1. The highest BCUT2D eigenvalue weighted by Gasteiger charge is 2.21. The van der Waals surface area contributed by atoms with E-state index < -0.39 is 0 Å². The molecule has 6 heteroatoms. The molecule has 2 aromatic carbocycles. The van der Waals surface area contributed by atoms with Crippen LogP contribution in [-0.2, 0) is 11.3 Å². The number of aryl methyl sites for hydroxylation is 1. The van der Waals surface area contributed by atoms with E-state index >= 15 is 0 Å². The van der Waals surface area contributed by atoms with Gasteiger partial charge in [-0.3, -0.25) is 14.2 Å². The van der Waals surface area contributed by atoms with E-state index in [1.165, 1.54) is 17.3 Å². The van der Waals surface area contributed by atoms with Crippen molar-refractivity contribution < 1.29 is 4.79 Å². The summed E-state index contributed by atoms with van der Waals surface area (Å²) in [7, 11) is 0. The monoisotopic (exact) mass is 409 g/mol. The number of hydrogen-bond acceptors (Lipinski definition) is 4. The maximum atomic E-state index is 13.0. The smallest absolute Gasteiger partial charge is 0.262 e. The molecule has 3 aromatic rings. The topological polar surface area (TPSA) is 64.0 Å². The van der Waals surface area contributed by atoms with Crippen LogP contribution < -0.4 is 10.9 Å². The minimum absolute atomic E-state index is 0.00456. The van der Waals surface area contributed by atoms with Crippen molar-refractivity contribution in [3.05, 3.63) is 70.0 Å². The van der Waals surface area contributed by atoms with E-state index in [1.54, 1.807) is 10.6 Å². The lowest BCUT2D eigenvalue weighted by molar-refractivity contribution is -0.120. The standard InChI is InChI=1S/C23H27N3O2S/c1-5-16(3)26-22(28)19-8-6-7-9-20(19)25-23(26)29-17(4)21(27)24-14-18-12-10-15(2)11-13-18/h6-13,16-17H,5,14H2,1-4H3,(H,24,27)/t16-,17-/m0/s1. The summed E-state index contributed by atoms with van der Waals surface area (Å²) >= 11 is 1.33. The summed E-state index contributed by atoms with van der Waals surface area (Å²) in [5.74, 6) is -0.0753. The molecule has 0 saturated carbocycles. The van der Waals surface area contributed by atoms with E-state index in [2.05, 4.69) is 5.32 Å². The predicted molar refractivity (Wildman–Crippen MR) is 119 cm³/mol. The zero-order valence-corrected chi connectivity index (χ0v) is 18.1. The van der Waals surface area contributed by atoms with Crippen LogP contribution >= 0.6 is 11.8 Å². The molecule has 29 heavy (non-hydrogen) atoms. The van der Waals surface area contributed by atoms with Gasteiger partial charge in [0.15, 0.2) is 5.16 Å². The van der Waals surface area contributed by atoms with Gasteiger partial charge in [0.25, 0.3) is 5.56 Å². The van der Waals surface area contributed by atoms with Gasteiger partial charge in [-0.1, -0.05) is 60.6 Å². The molecule has 0 radical (unpaired) electrons. The van der Waals surface area contributed by atoms with Crippen LogP contribution in [0.4, 0.5) is 0 Å². The average molecular weight is 410 g/mol. The van der Waals surface area contributed by atoms with Crippen molar-refractivity contribution in [3.63, 3.8) is 0 Å². The maximum Gasteiger partial charge on any atom is 0.262 e. The van der Waals surface area contributed by atoms with E-state index in [0.29, 0.717) is 22.6 Å². The van der Waals surface area contributed by atoms with Crippen LogP contribution in [0.25, 0.3) is 10.9 Å². The van der Waals surface area contributed by atoms with Crippen LogP contribution in [0.15, 0.2) is 58.5 Å². The fraction of sp³-hybridized carbons (Fsp3) is 0.348. The Labute approximate surface area is 175 Å². The Bertz CT molecular complexity index is 1060. The van der Waals surface area contributed by atoms with Crippen molar-refractivity contribution in [2.75, 3.05) is 0 Å². The molecule has 1 aromatic heterocycles. The fourth-order valence-corrected chi connectivity index (χ4v) is 4.06. The number of nitrogens with zero attached hydrogens (tertiary/aromatic N) is 2. The number of aromatic nitrogens is 2. The number of para-hydroxylation sites is 1. The van der Waals surface area contributed by atoms with Gasteiger partial charge in [0.05, 0.1) is 16.2 Å². The molecule has 0 unspecified atom stereocenters. The minimum atomic E-state index is -0.371. The van der Waals surface area contributed by atoms with Crippen molar-refractivity contribution in [1.29, 1.82) is 0 Å². The molecule has 1 N–H and O–H groups in total. The van der Waals surface area contributed by atoms with Crippen molar-refractivity contribution in [1.82, 2.24) is 14.9 Å². The lowest BCUT2D eigenvalue weighted by Crippen LogP contribution is -2.32. The van der Waals surface area contributed by atoms with Crippen LogP contribution in [0.5, 0.6) is 0 Å². The van der Waals surface area contributed by atoms with Crippen molar-refractivity contribution in [2.45, 2.75) is 57.1 Å². The van der Waals surface area contributed by atoms with Gasteiger partial charge in [0.1, 0.15) is 0 Å². The Morgan fingerprint density at radius 1 is 1.14 bits per heavy atom. The van der Waals surface area contributed by atoms with Gasteiger partial charge in [-0.25, -0.2) is 4.98 Å². The first-order valence-corrected chi connectivity index (χ1v) is 10.8. The summed E-state index contributed by atoms with van der Waals surface area (Å²) < 4.78 is 1.72. The second-order valence-corrected chi connectivity index (χ2v) is 8.62. The highest BCUT2D eigenvalue weighted by molar-refractivity contribution is 8.00. The van der Waals surface area contributed by atoms with Gasteiger partial charge in [-0.2, -0.15) is 0 Å². The zero-order chi connectivity index (χ0) is 21.0. The first-order valence-electron chi connectivity index (χ1n) is 9.92. The molecule has 0 aliphatic heterocycles.